The molecule has 0 bridgehead atoms. The maximum Gasteiger partial charge on any atom is 0.138 e. The van der Waals surface area contributed by atoms with Crippen LogP contribution in [0.4, 0.5) is 0 Å². The molecule has 0 aliphatic rings. The Morgan fingerprint density at radius 1 is 0.917 bits per heavy atom. The monoisotopic (exact) mass is 320 g/mol. The minimum atomic E-state index is 0.407. The van der Waals surface area contributed by atoms with E-state index >= 15 is 0 Å². The molecule has 0 aliphatic carbocycles. The third-order valence-electron chi connectivity index (χ3n) is 4.50. The number of nitrogens with one attached hydrogen (secondary N) is 1. The van der Waals surface area contributed by atoms with Crippen molar-refractivity contribution in [2.45, 2.75) is 32.7 Å². The van der Waals surface area contributed by atoms with Crippen LogP contribution >= 0.6 is 0 Å². The molecular formula is C21H24N2O. The Morgan fingerprint density at radius 3 is 2.00 bits per heavy atom. The molecule has 0 fully saturated rings. The molecule has 1 aromatic heterocycles. The van der Waals surface area contributed by atoms with Crippen molar-refractivity contribution >= 4 is 0 Å². The minimum Gasteiger partial charge on any atom is -0.361 e. The molecule has 0 amide bonds. The van der Waals surface area contributed by atoms with E-state index in [1.54, 1.807) is 0 Å². The Kier molecular flexibility index (Phi) is 5.44. The van der Waals surface area contributed by atoms with E-state index in [1.807, 2.05) is 13.8 Å². The lowest BCUT2D eigenvalue weighted by Crippen LogP contribution is -2.18. The maximum atomic E-state index is 5.22. The van der Waals surface area contributed by atoms with Crippen LogP contribution in [0.15, 0.2) is 65.2 Å². The third-order valence-corrected chi connectivity index (χ3v) is 4.50. The van der Waals surface area contributed by atoms with Crippen molar-refractivity contribution in [2.24, 2.45) is 0 Å². The number of rotatable bonds is 7. The van der Waals surface area contributed by atoms with E-state index in [2.05, 4.69) is 71.1 Å². The summed E-state index contributed by atoms with van der Waals surface area (Å²) in [5.74, 6) is 1.31. The van der Waals surface area contributed by atoms with Crippen molar-refractivity contribution in [3.63, 3.8) is 0 Å². The number of nitrogens with zero attached hydrogens (tertiary/aromatic N) is 1. The molecule has 0 atom stereocenters. The molecule has 0 saturated heterocycles. The largest absolute Gasteiger partial charge is 0.361 e. The summed E-state index contributed by atoms with van der Waals surface area (Å²) in [6, 6.07) is 21.5. The summed E-state index contributed by atoms with van der Waals surface area (Å²) >= 11 is 0. The zero-order valence-electron chi connectivity index (χ0n) is 14.3. The normalized spacial score (nSPS) is 11.1. The number of benzene rings is 2. The highest BCUT2D eigenvalue weighted by Gasteiger charge is 2.14. The van der Waals surface area contributed by atoms with Crippen molar-refractivity contribution in [1.29, 1.82) is 0 Å². The van der Waals surface area contributed by atoms with Crippen LogP contribution < -0.4 is 5.32 Å². The van der Waals surface area contributed by atoms with Gasteiger partial charge in [0.1, 0.15) is 5.76 Å². The lowest BCUT2D eigenvalue weighted by molar-refractivity contribution is 0.392. The van der Waals surface area contributed by atoms with Crippen LogP contribution in [-0.2, 0) is 6.54 Å². The third kappa shape index (κ3) is 3.92. The van der Waals surface area contributed by atoms with Crippen LogP contribution in [-0.4, -0.2) is 11.7 Å². The zero-order valence-corrected chi connectivity index (χ0v) is 14.3. The highest BCUT2D eigenvalue weighted by molar-refractivity contribution is 5.32. The first-order valence-corrected chi connectivity index (χ1v) is 8.48. The van der Waals surface area contributed by atoms with E-state index in [0.717, 1.165) is 31.0 Å². The summed E-state index contributed by atoms with van der Waals surface area (Å²) in [5.41, 5.74) is 4.87. The van der Waals surface area contributed by atoms with Gasteiger partial charge in [0.05, 0.1) is 5.69 Å². The number of aromatic nitrogens is 1. The molecular weight excluding hydrogens is 296 g/mol. The first-order chi connectivity index (χ1) is 11.8. The van der Waals surface area contributed by atoms with Crippen LogP contribution in [0.25, 0.3) is 0 Å². The summed E-state index contributed by atoms with van der Waals surface area (Å²) in [4.78, 5) is 0. The molecule has 1 heterocycles. The molecule has 24 heavy (non-hydrogen) atoms. The first kappa shape index (κ1) is 16.5. The van der Waals surface area contributed by atoms with Crippen LogP contribution in [0.2, 0.25) is 0 Å². The highest BCUT2D eigenvalue weighted by Crippen LogP contribution is 2.27. The standard InChI is InChI=1S/C21H24N2O/c1-16-21(17(2)24-23-16)15-22-14-13-20(18-9-5-3-6-10-18)19-11-7-4-8-12-19/h3-12,20,22H,13-15H2,1-2H3. The maximum absolute atomic E-state index is 5.22. The van der Waals surface area contributed by atoms with Gasteiger partial charge in [0.25, 0.3) is 0 Å². The fourth-order valence-electron chi connectivity index (χ4n) is 3.11. The van der Waals surface area contributed by atoms with Crippen molar-refractivity contribution in [3.05, 3.63) is 88.8 Å². The SMILES string of the molecule is Cc1noc(C)c1CNCCC(c1ccccc1)c1ccccc1. The Bertz CT molecular complexity index is 691. The molecule has 3 nitrogen and oxygen atoms in total. The molecule has 3 aromatic rings. The zero-order chi connectivity index (χ0) is 16.8. The van der Waals surface area contributed by atoms with Gasteiger partial charge < -0.3 is 9.84 Å². The van der Waals surface area contributed by atoms with E-state index in [4.69, 9.17) is 4.52 Å². The average Bonchev–Trinajstić information content (AvgIpc) is 2.95. The summed E-state index contributed by atoms with van der Waals surface area (Å²) in [6.07, 6.45) is 1.05. The summed E-state index contributed by atoms with van der Waals surface area (Å²) in [7, 11) is 0. The Hall–Kier alpha value is -2.39. The second kappa shape index (κ2) is 7.93. The van der Waals surface area contributed by atoms with Gasteiger partial charge in [0.2, 0.25) is 0 Å². The van der Waals surface area contributed by atoms with Gasteiger partial charge in [-0.25, -0.2) is 0 Å². The topological polar surface area (TPSA) is 38.1 Å². The molecule has 0 aliphatic heterocycles. The second-order valence-electron chi connectivity index (χ2n) is 6.14. The van der Waals surface area contributed by atoms with Crippen molar-refractivity contribution in [1.82, 2.24) is 10.5 Å². The Morgan fingerprint density at radius 2 is 1.50 bits per heavy atom. The van der Waals surface area contributed by atoms with Crippen LogP contribution in [0.5, 0.6) is 0 Å². The quantitative estimate of drug-likeness (QED) is 0.646. The molecule has 2 aromatic carbocycles. The molecule has 0 radical (unpaired) electrons. The fourth-order valence-corrected chi connectivity index (χ4v) is 3.11. The van der Waals surface area contributed by atoms with Crippen molar-refractivity contribution in [2.75, 3.05) is 6.54 Å². The highest BCUT2D eigenvalue weighted by atomic mass is 16.5. The Labute approximate surface area is 143 Å². The second-order valence-corrected chi connectivity index (χ2v) is 6.14. The van der Waals surface area contributed by atoms with Gasteiger partial charge in [-0.3, -0.25) is 0 Å². The van der Waals surface area contributed by atoms with Gasteiger partial charge >= 0.3 is 0 Å². The fraction of sp³-hybridized carbons (Fsp3) is 0.286. The van der Waals surface area contributed by atoms with E-state index in [-0.39, 0.29) is 0 Å². The van der Waals surface area contributed by atoms with Crippen molar-refractivity contribution < 1.29 is 4.52 Å². The van der Waals surface area contributed by atoms with E-state index in [0.29, 0.717) is 5.92 Å². The average molecular weight is 320 g/mol. The van der Waals surface area contributed by atoms with Crippen LogP contribution in [0.1, 0.15) is 40.5 Å². The number of aryl methyl sites for hydroxylation is 2. The minimum absolute atomic E-state index is 0.407. The molecule has 3 heteroatoms. The van der Waals surface area contributed by atoms with Crippen molar-refractivity contribution in [3.8, 4) is 0 Å². The molecule has 0 unspecified atom stereocenters. The van der Waals surface area contributed by atoms with Gasteiger partial charge in [-0.1, -0.05) is 65.8 Å². The molecule has 0 spiro atoms. The molecule has 0 saturated carbocycles. The smallest absolute Gasteiger partial charge is 0.138 e. The molecule has 1 N–H and O–H groups in total. The summed E-state index contributed by atoms with van der Waals surface area (Å²) in [5, 5.41) is 7.55. The van der Waals surface area contributed by atoms with Gasteiger partial charge in [0.15, 0.2) is 0 Å². The van der Waals surface area contributed by atoms with Crippen LogP contribution in [0, 0.1) is 13.8 Å². The molecule has 124 valence electrons. The van der Waals surface area contributed by atoms with E-state index in [1.165, 1.54) is 16.7 Å². The predicted octanol–water partition coefficient (Wildman–Crippen LogP) is 4.60. The lowest BCUT2D eigenvalue weighted by atomic mass is 9.88. The van der Waals surface area contributed by atoms with E-state index in [9.17, 15) is 0 Å². The number of hydrogen-bond acceptors (Lipinski definition) is 3. The number of hydrogen-bond donors (Lipinski definition) is 1. The van der Waals surface area contributed by atoms with Gasteiger partial charge in [-0.05, 0) is 37.9 Å². The first-order valence-electron chi connectivity index (χ1n) is 8.48. The van der Waals surface area contributed by atoms with Gasteiger partial charge in [-0.2, -0.15) is 0 Å². The summed E-state index contributed by atoms with van der Waals surface area (Å²) in [6.45, 7) is 5.70. The van der Waals surface area contributed by atoms with Crippen LogP contribution in [0.3, 0.4) is 0 Å². The molecule has 3 rings (SSSR count). The lowest BCUT2D eigenvalue weighted by Gasteiger charge is -2.18. The summed E-state index contributed by atoms with van der Waals surface area (Å²) < 4.78 is 5.22. The van der Waals surface area contributed by atoms with E-state index < -0.39 is 0 Å². The van der Waals surface area contributed by atoms with Gasteiger partial charge in [0, 0.05) is 18.0 Å². The van der Waals surface area contributed by atoms with Gasteiger partial charge in [-0.15, -0.1) is 0 Å². The predicted molar refractivity (Wildman–Crippen MR) is 97.0 cm³/mol. The Balaban J connectivity index is 1.65.